The van der Waals surface area contributed by atoms with Crippen LogP contribution < -0.4 is 21.3 Å². The Balaban J connectivity index is 1.31. The lowest BCUT2D eigenvalue weighted by molar-refractivity contribution is -0.146. The highest BCUT2D eigenvalue weighted by Crippen LogP contribution is 2.45. The number of nitrogens with one attached hydrogen (secondary N) is 4. The van der Waals surface area contributed by atoms with E-state index < -0.39 is 34.9 Å². The molecule has 700 valence electrons. The Morgan fingerprint density at radius 1 is 0.285 bits per heavy atom. The minimum Gasteiger partial charge on any atom is -0.461 e. The van der Waals surface area contributed by atoms with Crippen molar-refractivity contribution in [3.8, 4) is 0 Å². The summed E-state index contributed by atoms with van der Waals surface area (Å²) < 4.78 is 149. The molecule has 123 heavy (non-hydrogen) atoms. The molecular formula is C80H130N5O35P3. The van der Waals surface area contributed by atoms with Crippen molar-refractivity contribution in [2.45, 2.75) is 135 Å². The van der Waals surface area contributed by atoms with Crippen LogP contribution in [0.1, 0.15) is 126 Å². The van der Waals surface area contributed by atoms with Gasteiger partial charge in [0.1, 0.15) is 25.4 Å². The molecule has 0 aliphatic heterocycles. The average molecular weight is 1810 g/mol. The van der Waals surface area contributed by atoms with E-state index in [1.54, 1.807) is 0 Å². The molecule has 0 aliphatic carbocycles. The van der Waals surface area contributed by atoms with Crippen molar-refractivity contribution in [3.63, 3.8) is 0 Å². The molecule has 0 spiro atoms. The van der Waals surface area contributed by atoms with Crippen LogP contribution in [-0.4, -0.2) is 286 Å². The minimum atomic E-state index is -4.29. The number of carbonyl (C=O) groups is 7. The highest BCUT2D eigenvalue weighted by Gasteiger charge is 2.34. The Kier molecular flexibility index (Phi) is 67.0. The van der Waals surface area contributed by atoms with Gasteiger partial charge in [-0.25, -0.2) is 13.7 Å². The minimum absolute atomic E-state index is 0.00494. The van der Waals surface area contributed by atoms with Crippen molar-refractivity contribution >= 4 is 65.0 Å². The maximum Gasteiger partial charge on any atom is 0.472 e. The second-order valence-electron chi connectivity index (χ2n) is 27.0. The van der Waals surface area contributed by atoms with Crippen LogP contribution in [0.4, 0.5) is 0 Å². The molecule has 0 aliphatic rings. The summed E-state index contributed by atoms with van der Waals surface area (Å²) >= 11 is 0. The van der Waals surface area contributed by atoms with Crippen LogP contribution in [0.2, 0.25) is 0 Å². The van der Waals surface area contributed by atoms with Crippen LogP contribution >= 0.6 is 23.5 Å². The molecule has 3 aromatic carbocycles. The number of nitroso groups, excluding NO2 is 1. The summed E-state index contributed by atoms with van der Waals surface area (Å²) in [5.74, 6) is -2.60. The fourth-order valence-corrected chi connectivity index (χ4v) is 12.5. The summed E-state index contributed by atoms with van der Waals surface area (Å²) in [6.45, 7) is 1.95. The maximum absolute atomic E-state index is 13.4. The summed E-state index contributed by atoms with van der Waals surface area (Å²) in [5.41, 5.74) is 1.24. The van der Waals surface area contributed by atoms with Crippen molar-refractivity contribution in [2.24, 2.45) is 5.18 Å². The summed E-state index contributed by atoms with van der Waals surface area (Å²) in [4.78, 5) is 129. The number of phosphoric ester groups is 3. The molecular weight excluding hydrogens is 1680 g/mol. The molecule has 3 unspecified atom stereocenters. The summed E-state index contributed by atoms with van der Waals surface area (Å²) in [6, 6.07) is 28.0. The number of ether oxygens (including phenoxy) is 15. The standard InChI is InChI=1S/C80H130N5O35P3/c86-73(81-34-43-100-46-49-103-52-55-106-58-61-118-121(94,95)115-37-16-4-13-27-77(90)112-64-70-20-7-1-8-21-70)30-40-109-67-80(85-76(89)26-19-33-84-93,68-110-41-31-74(87)82-35-44-101-47-50-104-53-56-107-59-62-119-122(96,97)116-38-17-5-14-28-78(91)113-65-71-22-9-2-10-23-71)69-111-42-32-75(88)83-36-45-102-48-51-105-54-57-108-60-63-120-123(98,99)117-39-18-6-15-29-79(92)114-66-72-24-11-3-12-25-72/h1-3,7-12,20-25H,4-6,13-19,26-69H2,(H,81,86)(H,82,87)(H,83,88)(H,85,89)(H,94,95)(H,96,97)(H,98,99). The highest BCUT2D eigenvalue weighted by atomic mass is 31.2. The predicted octanol–water partition coefficient (Wildman–Crippen LogP) is 7.42. The zero-order valence-corrected chi connectivity index (χ0v) is 73.2. The number of unbranched alkanes of at least 4 members (excludes halogenated alkanes) is 6. The van der Waals surface area contributed by atoms with Gasteiger partial charge in [-0.3, -0.25) is 60.7 Å². The predicted molar refractivity (Wildman–Crippen MR) is 443 cm³/mol. The molecule has 4 amide bonds. The van der Waals surface area contributed by atoms with E-state index in [9.17, 15) is 66.8 Å². The van der Waals surface area contributed by atoms with Gasteiger partial charge in [0.25, 0.3) is 0 Å². The zero-order chi connectivity index (χ0) is 88.9. The van der Waals surface area contributed by atoms with Crippen molar-refractivity contribution in [3.05, 3.63) is 113 Å². The third kappa shape index (κ3) is 68.3. The molecule has 40 nitrogen and oxygen atoms in total. The molecule has 0 bridgehead atoms. The summed E-state index contributed by atoms with van der Waals surface area (Å²) in [5, 5.41) is 13.9. The summed E-state index contributed by atoms with van der Waals surface area (Å²) in [6.07, 6.45) is 5.07. The Labute approximate surface area is 720 Å². The number of carbonyl (C=O) groups excluding carboxylic acids is 7. The van der Waals surface area contributed by atoms with E-state index in [-0.39, 0.29) is 331 Å². The van der Waals surface area contributed by atoms with E-state index in [2.05, 4.69) is 26.4 Å². The van der Waals surface area contributed by atoms with Gasteiger partial charge in [-0.15, -0.1) is 0 Å². The highest BCUT2D eigenvalue weighted by molar-refractivity contribution is 7.47. The number of esters is 3. The van der Waals surface area contributed by atoms with E-state index in [1.165, 1.54) is 0 Å². The summed E-state index contributed by atoms with van der Waals surface area (Å²) in [7, 11) is -12.9. The van der Waals surface area contributed by atoms with Gasteiger partial charge in [0.15, 0.2) is 0 Å². The van der Waals surface area contributed by atoms with Gasteiger partial charge in [-0.1, -0.05) is 115 Å². The number of phosphoric acid groups is 3. The van der Waals surface area contributed by atoms with Crippen LogP contribution in [0, 0.1) is 4.91 Å². The molecule has 0 aromatic heterocycles. The number of benzene rings is 3. The van der Waals surface area contributed by atoms with Gasteiger partial charge in [0.05, 0.1) is 205 Å². The first-order valence-electron chi connectivity index (χ1n) is 41.4. The second-order valence-corrected chi connectivity index (χ2v) is 31.4. The number of amides is 4. The Bertz CT molecular complexity index is 3050. The van der Waals surface area contributed by atoms with Crippen LogP contribution in [-0.2, 0) is 165 Å². The third-order valence-electron chi connectivity index (χ3n) is 16.6. The Morgan fingerprint density at radius 3 is 0.821 bits per heavy atom. The van der Waals surface area contributed by atoms with Gasteiger partial charge in [0.2, 0.25) is 23.6 Å². The molecule has 0 heterocycles. The number of hydrogen-bond acceptors (Lipinski definition) is 33. The lowest BCUT2D eigenvalue weighted by atomic mass is 10.0. The molecule has 3 rings (SSSR count). The average Bonchev–Trinajstić information content (AvgIpc) is 0.852. The van der Waals surface area contributed by atoms with Crippen molar-refractivity contribution in [2.75, 3.05) is 224 Å². The second kappa shape index (κ2) is 74.5. The first-order valence-corrected chi connectivity index (χ1v) is 45.9. The molecule has 3 atom stereocenters. The quantitative estimate of drug-likeness (QED) is 0.00950. The number of nitrogens with zero attached hydrogens (tertiary/aromatic N) is 1. The SMILES string of the molecule is O=NCCCC(=O)NC(COCCC(=O)NCCOCCOCCOCCOP(=O)(O)OCCCCCC(=O)OCc1ccccc1)(COCCC(=O)NCCOCCOCCOCCOP(=O)(O)OCCCCCC(=O)OCc1ccccc1)COCCC(=O)NCCOCCOCCOCCOP(=O)(O)OCCCCCC(=O)OCc1ccccc1. The van der Waals surface area contributed by atoms with Gasteiger partial charge < -0.3 is 107 Å². The van der Waals surface area contributed by atoms with Gasteiger partial charge in [-0.05, 0) is 61.6 Å². The largest absolute Gasteiger partial charge is 0.472 e. The molecule has 43 heteroatoms. The van der Waals surface area contributed by atoms with Gasteiger partial charge in [0, 0.05) is 64.6 Å². The Morgan fingerprint density at radius 2 is 0.545 bits per heavy atom. The normalized spacial score (nSPS) is 13.4. The fourth-order valence-electron chi connectivity index (χ4n) is 10.2. The molecule has 0 radical (unpaired) electrons. The van der Waals surface area contributed by atoms with E-state index in [1.807, 2.05) is 91.0 Å². The lowest BCUT2D eigenvalue weighted by Crippen LogP contribution is -2.58. The third-order valence-corrected chi connectivity index (χ3v) is 19.6. The zero-order valence-electron chi connectivity index (χ0n) is 70.5. The smallest absolute Gasteiger partial charge is 0.461 e. The molecule has 0 saturated carbocycles. The van der Waals surface area contributed by atoms with Crippen LogP contribution in [0.25, 0.3) is 0 Å². The monoisotopic (exact) mass is 1810 g/mol. The lowest BCUT2D eigenvalue weighted by Gasteiger charge is -2.34. The first-order chi connectivity index (χ1) is 59.7. The number of rotatable bonds is 86. The van der Waals surface area contributed by atoms with Gasteiger partial charge >= 0.3 is 41.4 Å². The van der Waals surface area contributed by atoms with Crippen molar-refractivity contribution < 1.29 is 160 Å². The molecule has 0 saturated heterocycles. The van der Waals surface area contributed by atoms with Crippen molar-refractivity contribution in [1.82, 2.24) is 21.3 Å². The van der Waals surface area contributed by atoms with Crippen LogP contribution in [0.3, 0.4) is 0 Å². The van der Waals surface area contributed by atoms with Crippen LogP contribution in [0.15, 0.2) is 96.2 Å². The molecule has 7 N–H and O–H groups in total. The Hall–Kier alpha value is -6.60. The van der Waals surface area contributed by atoms with E-state index in [0.717, 1.165) is 16.7 Å². The molecule has 3 aromatic rings. The van der Waals surface area contributed by atoms with Gasteiger partial charge in [-0.2, -0.15) is 4.91 Å². The van der Waals surface area contributed by atoms with E-state index >= 15 is 0 Å². The topological polar surface area (TPSA) is 503 Å². The van der Waals surface area contributed by atoms with Crippen molar-refractivity contribution in [1.29, 1.82) is 0 Å². The fraction of sp³-hybridized carbons (Fsp3) is 0.688. The van der Waals surface area contributed by atoms with E-state index in [0.29, 0.717) is 57.8 Å². The maximum atomic E-state index is 13.4. The van der Waals surface area contributed by atoms with Crippen LogP contribution in [0.5, 0.6) is 0 Å². The first kappa shape index (κ1) is 111. The van der Waals surface area contributed by atoms with E-state index in [4.69, 9.17) is 98.2 Å². The molecule has 0 fully saturated rings. The number of hydrogen-bond donors (Lipinski definition) is 7.